The van der Waals surface area contributed by atoms with Crippen LogP contribution in [-0.2, 0) is 6.42 Å². The first-order valence-corrected chi connectivity index (χ1v) is 7.25. The Kier molecular flexibility index (Phi) is 7.59. The van der Waals surface area contributed by atoms with Crippen LogP contribution >= 0.6 is 24.8 Å². The Balaban J connectivity index is 0.00000121. The predicted octanol–water partition coefficient (Wildman–Crippen LogP) is 3.09. The molecule has 0 bridgehead atoms. The second-order valence-corrected chi connectivity index (χ2v) is 5.21. The van der Waals surface area contributed by atoms with E-state index in [1.807, 2.05) is 0 Å². The van der Waals surface area contributed by atoms with E-state index in [4.69, 9.17) is 5.73 Å². The molecule has 0 amide bonds. The Labute approximate surface area is 143 Å². The topological polar surface area (TPSA) is 55.0 Å². The van der Waals surface area contributed by atoms with Crippen molar-refractivity contribution in [1.29, 1.82) is 0 Å². The highest BCUT2D eigenvalue weighted by Crippen LogP contribution is 2.21. The van der Waals surface area contributed by atoms with Crippen LogP contribution in [0, 0.1) is 0 Å². The number of nitrogens with two attached hydrogens (primary N) is 1. The third-order valence-corrected chi connectivity index (χ3v) is 3.76. The molecule has 6 heteroatoms. The summed E-state index contributed by atoms with van der Waals surface area (Å²) in [6.45, 7) is 2.88. The standard InChI is InChI=1S/C16H20N4.2ClH/c17-10-9-13-3-5-14(6-4-13)15-7-8-16(19-18-15)20-11-1-2-12-20;;/h3-8H,1-2,9-12,17H2;2*1H. The Morgan fingerprint density at radius 2 is 1.59 bits per heavy atom. The number of hydrogen-bond acceptors (Lipinski definition) is 4. The molecular weight excluding hydrogens is 319 g/mol. The zero-order chi connectivity index (χ0) is 13.8. The molecule has 0 atom stereocenters. The molecule has 1 saturated heterocycles. The van der Waals surface area contributed by atoms with Crippen molar-refractivity contribution in [3.8, 4) is 11.3 Å². The average molecular weight is 341 g/mol. The summed E-state index contributed by atoms with van der Waals surface area (Å²) in [6.07, 6.45) is 3.43. The van der Waals surface area contributed by atoms with Gasteiger partial charge in [0.15, 0.2) is 5.82 Å². The summed E-state index contributed by atoms with van der Waals surface area (Å²) in [5.41, 5.74) is 8.85. The molecule has 22 heavy (non-hydrogen) atoms. The van der Waals surface area contributed by atoms with E-state index >= 15 is 0 Å². The van der Waals surface area contributed by atoms with E-state index in [-0.39, 0.29) is 24.8 Å². The molecule has 0 spiro atoms. The van der Waals surface area contributed by atoms with Crippen LogP contribution in [0.15, 0.2) is 36.4 Å². The zero-order valence-electron chi connectivity index (χ0n) is 12.4. The Bertz CT molecular complexity index is 551. The molecule has 1 aromatic heterocycles. The van der Waals surface area contributed by atoms with Crippen molar-refractivity contribution in [3.63, 3.8) is 0 Å². The van der Waals surface area contributed by atoms with E-state index in [0.717, 1.165) is 36.6 Å². The predicted molar refractivity (Wildman–Crippen MR) is 96.2 cm³/mol. The molecule has 1 fully saturated rings. The molecule has 1 aromatic carbocycles. The molecule has 2 heterocycles. The number of aromatic nitrogens is 2. The summed E-state index contributed by atoms with van der Waals surface area (Å²) in [5.74, 6) is 0.992. The minimum absolute atomic E-state index is 0. The van der Waals surface area contributed by atoms with Gasteiger partial charge in [-0.1, -0.05) is 24.3 Å². The summed E-state index contributed by atoms with van der Waals surface area (Å²) in [5, 5.41) is 8.70. The Hall–Kier alpha value is -1.36. The fraction of sp³-hybridized carbons (Fsp3) is 0.375. The molecule has 1 aliphatic rings. The summed E-state index contributed by atoms with van der Waals surface area (Å²) in [7, 11) is 0. The second kappa shape index (κ2) is 8.93. The van der Waals surface area contributed by atoms with Crippen molar-refractivity contribution >= 4 is 30.6 Å². The fourth-order valence-electron chi connectivity index (χ4n) is 2.60. The Morgan fingerprint density at radius 3 is 2.14 bits per heavy atom. The largest absolute Gasteiger partial charge is 0.355 e. The van der Waals surface area contributed by atoms with Crippen molar-refractivity contribution in [2.24, 2.45) is 5.73 Å². The van der Waals surface area contributed by atoms with Crippen LogP contribution < -0.4 is 10.6 Å². The van der Waals surface area contributed by atoms with Crippen LogP contribution in [-0.4, -0.2) is 29.8 Å². The third kappa shape index (κ3) is 4.32. The van der Waals surface area contributed by atoms with Gasteiger partial charge in [0.25, 0.3) is 0 Å². The maximum atomic E-state index is 5.56. The number of halogens is 2. The molecule has 120 valence electrons. The van der Waals surface area contributed by atoms with Crippen molar-refractivity contribution in [1.82, 2.24) is 10.2 Å². The minimum atomic E-state index is 0. The normalized spacial score (nSPS) is 13.4. The van der Waals surface area contributed by atoms with E-state index in [1.165, 1.54) is 18.4 Å². The van der Waals surface area contributed by atoms with Crippen LogP contribution in [0.2, 0.25) is 0 Å². The molecule has 0 saturated carbocycles. The van der Waals surface area contributed by atoms with Gasteiger partial charge in [-0.3, -0.25) is 0 Å². The van der Waals surface area contributed by atoms with Gasteiger partial charge in [0.05, 0.1) is 5.69 Å². The van der Waals surface area contributed by atoms with E-state index < -0.39 is 0 Å². The second-order valence-electron chi connectivity index (χ2n) is 5.21. The van der Waals surface area contributed by atoms with Crippen molar-refractivity contribution < 1.29 is 0 Å². The minimum Gasteiger partial charge on any atom is -0.355 e. The third-order valence-electron chi connectivity index (χ3n) is 3.76. The van der Waals surface area contributed by atoms with Gasteiger partial charge in [-0.05, 0) is 43.5 Å². The van der Waals surface area contributed by atoms with Crippen LogP contribution in [0.25, 0.3) is 11.3 Å². The maximum Gasteiger partial charge on any atom is 0.151 e. The van der Waals surface area contributed by atoms with Gasteiger partial charge < -0.3 is 10.6 Å². The first-order chi connectivity index (χ1) is 9.86. The van der Waals surface area contributed by atoms with Crippen molar-refractivity contribution in [2.75, 3.05) is 24.5 Å². The number of benzene rings is 1. The van der Waals surface area contributed by atoms with Gasteiger partial charge in [0.2, 0.25) is 0 Å². The average Bonchev–Trinajstić information content (AvgIpc) is 3.03. The smallest absolute Gasteiger partial charge is 0.151 e. The summed E-state index contributed by atoms with van der Waals surface area (Å²) in [6, 6.07) is 12.5. The van der Waals surface area contributed by atoms with Crippen LogP contribution in [0.1, 0.15) is 18.4 Å². The van der Waals surface area contributed by atoms with Gasteiger partial charge >= 0.3 is 0 Å². The lowest BCUT2D eigenvalue weighted by atomic mass is 10.1. The molecule has 2 N–H and O–H groups in total. The van der Waals surface area contributed by atoms with Crippen LogP contribution in [0.3, 0.4) is 0 Å². The highest BCUT2D eigenvalue weighted by molar-refractivity contribution is 5.85. The molecule has 2 aromatic rings. The molecule has 3 rings (SSSR count). The molecule has 0 radical (unpaired) electrons. The van der Waals surface area contributed by atoms with Gasteiger partial charge in [-0.25, -0.2) is 0 Å². The van der Waals surface area contributed by atoms with Gasteiger partial charge in [-0.15, -0.1) is 35.0 Å². The summed E-state index contributed by atoms with van der Waals surface area (Å²) < 4.78 is 0. The molecule has 0 aliphatic carbocycles. The quantitative estimate of drug-likeness (QED) is 0.929. The van der Waals surface area contributed by atoms with E-state index in [2.05, 4.69) is 51.5 Å². The SMILES string of the molecule is Cl.Cl.NCCc1ccc(-c2ccc(N3CCCC3)nn2)cc1. The maximum absolute atomic E-state index is 5.56. The van der Waals surface area contributed by atoms with Gasteiger partial charge in [0.1, 0.15) is 0 Å². The van der Waals surface area contributed by atoms with Crippen molar-refractivity contribution in [3.05, 3.63) is 42.0 Å². The highest BCUT2D eigenvalue weighted by Gasteiger charge is 2.13. The lowest BCUT2D eigenvalue weighted by Gasteiger charge is -2.15. The first kappa shape index (κ1) is 18.7. The summed E-state index contributed by atoms with van der Waals surface area (Å²) >= 11 is 0. The monoisotopic (exact) mass is 340 g/mol. The van der Waals surface area contributed by atoms with E-state index in [9.17, 15) is 0 Å². The number of rotatable bonds is 4. The number of hydrogen-bond donors (Lipinski definition) is 1. The molecule has 0 unspecified atom stereocenters. The lowest BCUT2D eigenvalue weighted by molar-refractivity contribution is 0.896. The van der Waals surface area contributed by atoms with Crippen molar-refractivity contribution in [2.45, 2.75) is 19.3 Å². The fourth-order valence-corrected chi connectivity index (χ4v) is 2.60. The Morgan fingerprint density at radius 1 is 0.909 bits per heavy atom. The van der Waals surface area contributed by atoms with Gasteiger partial charge in [0, 0.05) is 18.7 Å². The summed E-state index contributed by atoms with van der Waals surface area (Å²) in [4.78, 5) is 2.29. The first-order valence-electron chi connectivity index (χ1n) is 7.25. The van der Waals surface area contributed by atoms with Crippen LogP contribution in [0.5, 0.6) is 0 Å². The number of anilines is 1. The molecule has 4 nitrogen and oxygen atoms in total. The van der Waals surface area contributed by atoms with E-state index in [0.29, 0.717) is 6.54 Å². The van der Waals surface area contributed by atoms with Gasteiger partial charge in [-0.2, -0.15) is 0 Å². The van der Waals surface area contributed by atoms with E-state index in [1.54, 1.807) is 0 Å². The van der Waals surface area contributed by atoms with Crippen LogP contribution in [0.4, 0.5) is 5.82 Å². The number of nitrogens with zero attached hydrogens (tertiary/aromatic N) is 3. The highest BCUT2D eigenvalue weighted by atomic mass is 35.5. The molecule has 1 aliphatic heterocycles. The zero-order valence-corrected chi connectivity index (χ0v) is 14.1. The lowest BCUT2D eigenvalue weighted by Crippen LogP contribution is -2.19. The molecular formula is C16H22Cl2N4.